The van der Waals surface area contributed by atoms with Gasteiger partial charge in [-0.1, -0.05) is 11.3 Å². The van der Waals surface area contributed by atoms with Crippen molar-refractivity contribution in [2.45, 2.75) is 18.9 Å². The minimum Gasteiger partial charge on any atom is -0.439 e. The number of aryl methyl sites for hydroxylation is 1. The number of aromatic nitrogens is 1. The number of hydrogen-bond donors (Lipinski definition) is 1. The van der Waals surface area contributed by atoms with Crippen LogP contribution in [0.15, 0.2) is 12.1 Å². The number of nitrogen functional groups attached to an aromatic ring is 1. The summed E-state index contributed by atoms with van der Waals surface area (Å²) in [7, 11) is 1.72. The molecule has 3 heterocycles. The average Bonchev–Trinajstić information content (AvgIpc) is 3.17. The summed E-state index contributed by atoms with van der Waals surface area (Å²) in [4.78, 5) is 32.2. The predicted octanol–water partition coefficient (Wildman–Crippen LogP) is 1.85. The van der Waals surface area contributed by atoms with Crippen LogP contribution in [0.3, 0.4) is 0 Å². The predicted molar refractivity (Wildman–Crippen MR) is 91.1 cm³/mol. The molecule has 0 bridgehead atoms. The molecule has 126 valence electrons. The molecule has 7 nitrogen and oxygen atoms in total. The first-order valence-electron chi connectivity index (χ1n) is 7.77. The second-order valence-corrected chi connectivity index (χ2v) is 7.64. The molecule has 8 heteroatoms. The van der Waals surface area contributed by atoms with E-state index < -0.39 is 5.60 Å². The van der Waals surface area contributed by atoms with Gasteiger partial charge in [0.1, 0.15) is 0 Å². The van der Waals surface area contributed by atoms with Gasteiger partial charge in [-0.3, -0.25) is 4.79 Å². The van der Waals surface area contributed by atoms with Gasteiger partial charge in [-0.25, -0.2) is 9.78 Å². The number of nitrogens with two attached hydrogens (primary N) is 1. The summed E-state index contributed by atoms with van der Waals surface area (Å²) in [5.41, 5.74) is 7.62. The van der Waals surface area contributed by atoms with Crippen LogP contribution in [0.1, 0.15) is 22.3 Å². The Bertz CT molecular complexity index is 864. The lowest BCUT2D eigenvalue weighted by Crippen LogP contribution is -2.39. The van der Waals surface area contributed by atoms with Gasteiger partial charge in [0.15, 0.2) is 10.7 Å². The highest BCUT2D eigenvalue weighted by molar-refractivity contribution is 7.22. The van der Waals surface area contributed by atoms with Crippen LogP contribution in [0, 0.1) is 6.92 Å². The van der Waals surface area contributed by atoms with Crippen molar-refractivity contribution >= 4 is 38.7 Å². The fourth-order valence-corrected chi connectivity index (χ4v) is 4.39. The van der Waals surface area contributed by atoms with Crippen LogP contribution in [-0.2, 0) is 4.74 Å². The number of thiazole rings is 1. The molecule has 2 fully saturated rings. The van der Waals surface area contributed by atoms with E-state index in [0.717, 1.165) is 15.8 Å². The smallest absolute Gasteiger partial charge is 0.410 e. The number of rotatable bonds is 1. The van der Waals surface area contributed by atoms with Crippen LogP contribution in [0.5, 0.6) is 0 Å². The van der Waals surface area contributed by atoms with Crippen molar-refractivity contribution in [3.63, 3.8) is 0 Å². The maximum Gasteiger partial charge on any atom is 0.410 e. The largest absolute Gasteiger partial charge is 0.439 e. The molecule has 2 aromatic rings. The third-order valence-corrected chi connectivity index (χ3v) is 5.52. The van der Waals surface area contributed by atoms with E-state index in [0.29, 0.717) is 36.8 Å². The minimum atomic E-state index is -0.560. The van der Waals surface area contributed by atoms with E-state index in [2.05, 4.69) is 4.98 Å². The number of amides is 2. The Morgan fingerprint density at radius 3 is 2.92 bits per heavy atom. The van der Waals surface area contributed by atoms with Crippen LogP contribution in [-0.4, -0.2) is 59.1 Å². The van der Waals surface area contributed by atoms with Crippen LogP contribution in [0.25, 0.3) is 10.2 Å². The maximum atomic E-state index is 12.9. The number of likely N-dealkylation sites (tertiary alicyclic amines) is 1. The Morgan fingerprint density at radius 1 is 1.42 bits per heavy atom. The minimum absolute atomic E-state index is 0.0468. The van der Waals surface area contributed by atoms with Gasteiger partial charge in [0.2, 0.25) is 0 Å². The molecule has 1 aromatic heterocycles. The molecular weight excluding hydrogens is 328 g/mol. The number of likely N-dealkylation sites (N-methyl/N-ethyl adjacent to an activating group) is 1. The Morgan fingerprint density at radius 2 is 2.21 bits per heavy atom. The van der Waals surface area contributed by atoms with Crippen molar-refractivity contribution in [3.8, 4) is 0 Å². The van der Waals surface area contributed by atoms with Gasteiger partial charge in [0, 0.05) is 25.6 Å². The molecule has 0 aliphatic carbocycles. The van der Waals surface area contributed by atoms with Crippen LogP contribution in [0.4, 0.5) is 9.93 Å². The van der Waals surface area contributed by atoms with Gasteiger partial charge in [-0.2, -0.15) is 0 Å². The van der Waals surface area contributed by atoms with E-state index in [1.54, 1.807) is 16.8 Å². The average molecular weight is 346 g/mol. The number of carbonyl (C=O) groups excluding carboxylic acids is 2. The molecule has 2 N–H and O–H groups in total. The molecule has 4 rings (SSSR count). The highest BCUT2D eigenvalue weighted by Crippen LogP contribution is 2.33. The third kappa shape index (κ3) is 2.29. The van der Waals surface area contributed by atoms with Gasteiger partial charge in [0.05, 0.1) is 23.3 Å². The summed E-state index contributed by atoms with van der Waals surface area (Å²) in [6.45, 7) is 3.47. The Balaban J connectivity index is 1.60. The highest BCUT2D eigenvalue weighted by Gasteiger charge is 2.49. The van der Waals surface area contributed by atoms with Crippen molar-refractivity contribution in [2.75, 3.05) is 32.4 Å². The molecule has 2 aliphatic rings. The van der Waals surface area contributed by atoms with E-state index in [1.165, 1.54) is 11.3 Å². The van der Waals surface area contributed by atoms with Crippen molar-refractivity contribution in [1.29, 1.82) is 0 Å². The van der Waals surface area contributed by atoms with E-state index in [4.69, 9.17) is 10.5 Å². The Kier molecular flexibility index (Phi) is 3.21. The van der Waals surface area contributed by atoms with E-state index >= 15 is 0 Å². The Labute approximate surface area is 143 Å². The first kappa shape index (κ1) is 15.2. The number of benzene rings is 1. The second kappa shape index (κ2) is 5.07. The molecule has 0 saturated carbocycles. The lowest BCUT2D eigenvalue weighted by atomic mass is 10.0. The molecule has 1 spiro atoms. The zero-order valence-electron chi connectivity index (χ0n) is 13.5. The maximum absolute atomic E-state index is 12.9. The third-order valence-electron chi connectivity index (χ3n) is 4.69. The monoisotopic (exact) mass is 346 g/mol. The van der Waals surface area contributed by atoms with Crippen molar-refractivity contribution in [3.05, 3.63) is 23.3 Å². The van der Waals surface area contributed by atoms with Gasteiger partial charge in [-0.15, -0.1) is 0 Å². The van der Waals surface area contributed by atoms with E-state index in [-0.39, 0.29) is 12.0 Å². The van der Waals surface area contributed by atoms with E-state index in [9.17, 15) is 9.59 Å². The van der Waals surface area contributed by atoms with Gasteiger partial charge in [-0.05, 0) is 24.6 Å². The molecule has 2 aliphatic heterocycles. The molecule has 1 aromatic carbocycles. The summed E-state index contributed by atoms with van der Waals surface area (Å²) in [5.74, 6) is -0.0468. The highest BCUT2D eigenvalue weighted by atomic mass is 32.1. The normalized spacial score (nSPS) is 23.5. The molecule has 1 atom stereocenters. The molecule has 24 heavy (non-hydrogen) atoms. The van der Waals surface area contributed by atoms with Crippen molar-refractivity contribution in [2.24, 2.45) is 0 Å². The molecule has 0 radical (unpaired) electrons. The molecule has 2 amide bonds. The van der Waals surface area contributed by atoms with Crippen LogP contribution in [0.2, 0.25) is 0 Å². The zero-order chi connectivity index (χ0) is 17.1. The quantitative estimate of drug-likeness (QED) is 0.851. The van der Waals surface area contributed by atoms with Gasteiger partial charge in [0.25, 0.3) is 5.91 Å². The number of carbonyl (C=O) groups is 2. The first-order valence-corrected chi connectivity index (χ1v) is 8.59. The molecule has 0 unspecified atom stereocenters. The van der Waals surface area contributed by atoms with Gasteiger partial charge < -0.3 is 20.3 Å². The number of nitrogens with zero attached hydrogens (tertiary/aromatic N) is 3. The first-order chi connectivity index (χ1) is 11.4. The lowest BCUT2D eigenvalue weighted by Gasteiger charge is -2.22. The summed E-state index contributed by atoms with van der Waals surface area (Å²) >= 11 is 1.38. The van der Waals surface area contributed by atoms with Crippen molar-refractivity contribution in [1.82, 2.24) is 14.8 Å². The number of fused-ring (bicyclic) bond motifs is 1. The number of ether oxygens (including phenoxy) is 1. The second-order valence-electron chi connectivity index (χ2n) is 6.58. The fourth-order valence-electron chi connectivity index (χ4n) is 3.54. The zero-order valence-corrected chi connectivity index (χ0v) is 14.4. The molecule has 2 saturated heterocycles. The summed E-state index contributed by atoms with van der Waals surface area (Å²) in [5, 5.41) is 0.499. The number of anilines is 1. The summed E-state index contributed by atoms with van der Waals surface area (Å²) in [6.07, 6.45) is 0.352. The Hall–Kier alpha value is -2.35. The van der Waals surface area contributed by atoms with Crippen molar-refractivity contribution < 1.29 is 14.3 Å². The summed E-state index contributed by atoms with van der Waals surface area (Å²) < 4.78 is 6.42. The van der Waals surface area contributed by atoms with Gasteiger partial charge >= 0.3 is 6.09 Å². The number of hydrogen-bond acceptors (Lipinski definition) is 6. The van der Waals surface area contributed by atoms with Crippen LogP contribution < -0.4 is 5.73 Å². The van der Waals surface area contributed by atoms with E-state index in [1.807, 2.05) is 19.1 Å². The van der Waals surface area contributed by atoms with Crippen LogP contribution >= 0.6 is 11.3 Å². The topological polar surface area (TPSA) is 88.8 Å². The summed E-state index contributed by atoms with van der Waals surface area (Å²) in [6, 6.07) is 3.69. The lowest BCUT2D eigenvalue weighted by molar-refractivity contribution is 0.0553. The SMILES string of the molecule is Cc1cc(C(=O)N2CC[C@]3(CN(C)C(=O)O3)C2)cc2sc(N)nc12. The molecular formula is C16H18N4O3S. The fraction of sp³-hybridized carbons (Fsp3) is 0.438. The standard InChI is InChI=1S/C16H18N4O3S/c1-9-5-10(6-11-12(9)18-14(17)24-11)13(21)20-4-3-16(8-20)7-19(2)15(22)23-16/h5-6H,3-4,7-8H2,1-2H3,(H2,17,18)/t16-/m0/s1.